The minimum Gasteiger partial charge on any atom is -0.497 e. The van der Waals surface area contributed by atoms with Gasteiger partial charge in [-0.05, 0) is 48.7 Å². The lowest BCUT2D eigenvalue weighted by Gasteiger charge is -2.20. The monoisotopic (exact) mass is 320 g/mol. The Bertz CT molecular complexity index is 735. The lowest BCUT2D eigenvalue weighted by molar-refractivity contribution is 0.413. The number of hydrogen-bond donors (Lipinski definition) is 0. The molecule has 0 unspecified atom stereocenters. The van der Waals surface area contributed by atoms with Crippen molar-refractivity contribution in [2.24, 2.45) is 0 Å². The van der Waals surface area contributed by atoms with Gasteiger partial charge in [0.1, 0.15) is 5.75 Å². The lowest BCUT2D eigenvalue weighted by Crippen LogP contribution is -2.27. The molecule has 0 amide bonds. The highest BCUT2D eigenvalue weighted by Gasteiger charge is 2.25. The maximum Gasteiger partial charge on any atom is 0.243 e. The standard InChI is InChI=1S/C16H20N2O3S/c1-12-8-15(21-4)9-13(2)16(12)22(19,20)18(3)11-14-6-5-7-17-10-14/h5-10H,11H2,1-4H3. The molecule has 0 aliphatic carbocycles. The predicted molar refractivity (Wildman–Crippen MR) is 85.4 cm³/mol. The quantitative estimate of drug-likeness (QED) is 0.849. The van der Waals surface area contributed by atoms with E-state index in [4.69, 9.17) is 4.74 Å². The van der Waals surface area contributed by atoms with Crippen molar-refractivity contribution < 1.29 is 13.2 Å². The van der Waals surface area contributed by atoms with Gasteiger partial charge in [-0.2, -0.15) is 4.31 Å². The number of benzene rings is 1. The third-order valence-corrected chi connectivity index (χ3v) is 5.58. The number of aromatic nitrogens is 1. The number of pyridine rings is 1. The van der Waals surface area contributed by atoms with E-state index in [1.54, 1.807) is 58.6 Å². The van der Waals surface area contributed by atoms with Crippen LogP contribution in [-0.2, 0) is 16.6 Å². The lowest BCUT2D eigenvalue weighted by atomic mass is 10.1. The second-order valence-corrected chi connectivity index (χ2v) is 7.19. The van der Waals surface area contributed by atoms with E-state index in [-0.39, 0.29) is 6.54 Å². The Kier molecular flexibility index (Phi) is 4.83. The molecule has 0 aliphatic rings. The molecule has 0 fully saturated rings. The first-order valence-corrected chi connectivity index (χ1v) is 8.30. The largest absolute Gasteiger partial charge is 0.497 e. The van der Waals surface area contributed by atoms with Gasteiger partial charge in [-0.1, -0.05) is 6.07 Å². The number of aryl methyl sites for hydroxylation is 2. The SMILES string of the molecule is COc1cc(C)c(S(=O)(=O)N(C)Cc2cccnc2)c(C)c1. The van der Waals surface area contributed by atoms with Crippen LogP contribution >= 0.6 is 0 Å². The summed E-state index contributed by atoms with van der Waals surface area (Å²) < 4.78 is 32.2. The summed E-state index contributed by atoms with van der Waals surface area (Å²) in [5, 5.41) is 0. The number of sulfonamides is 1. The minimum atomic E-state index is -3.57. The van der Waals surface area contributed by atoms with Crippen molar-refractivity contribution in [1.29, 1.82) is 0 Å². The van der Waals surface area contributed by atoms with E-state index in [0.29, 0.717) is 21.8 Å². The summed E-state index contributed by atoms with van der Waals surface area (Å²) in [4.78, 5) is 4.35. The molecule has 0 bridgehead atoms. The Morgan fingerprint density at radius 2 is 1.86 bits per heavy atom. The smallest absolute Gasteiger partial charge is 0.243 e. The number of rotatable bonds is 5. The normalized spacial score (nSPS) is 11.7. The van der Waals surface area contributed by atoms with Crippen LogP contribution in [-0.4, -0.2) is 31.9 Å². The van der Waals surface area contributed by atoms with E-state index in [0.717, 1.165) is 5.56 Å². The summed E-state index contributed by atoms with van der Waals surface area (Å²) in [6, 6.07) is 7.11. The third kappa shape index (κ3) is 3.28. The maximum atomic E-state index is 12.8. The zero-order valence-corrected chi connectivity index (χ0v) is 14.0. The fourth-order valence-electron chi connectivity index (χ4n) is 2.42. The van der Waals surface area contributed by atoms with Crippen LogP contribution in [0.4, 0.5) is 0 Å². The predicted octanol–water partition coefficient (Wildman–Crippen LogP) is 2.53. The molecule has 0 N–H and O–H groups in total. The molecule has 0 atom stereocenters. The van der Waals surface area contributed by atoms with E-state index < -0.39 is 10.0 Å². The third-order valence-electron chi connectivity index (χ3n) is 3.47. The molecule has 118 valence electrons. The van der Waals surface area contributed by atoms with Crippen LogP contribution in [0.2, 0.25) is 0 Å². The molecule has 0 saturated heterocycles. The van der Waals surface area contributed by atoms with Gasteiger partial charge in [0.15, 0.2) is 0 Å². The molecular weight excluding hydrogens is 300 g/mol. The average molecular weight is 320 g/mol. The molecular formula is C16H20N2O3S. The van der Waals surface area contributed by atoms with Crippen LogP contribution in [0, 0.1) is 13.8 Å². The highest BCUT2D eigenvalue weighted by atomic mass is 32.2. The zero-order valence-electron chi connectivity index (χ0n) is 13.2. The van der Waals surface area contributed by atoms with Gasteiger partial charge in [-0.25, -0.2) is 8.42 Å². The van der Waals surface area contributed by atoms with Crippen LogP contribution in [0.15, 0.2) is 41.6 Å². The Morgan fingerprint density at radius 1 is 1.23 bits per heavy atom. The van der Waals surface area contributed by atoms with Crippen molar-refractivity contribution >= 4 is 10.0 Å². The van der Waals surface area contributed by atoms with Gasteiger partial charge in [0.05, 0.1) is 12.0 Å². The number of nitrogens with zero attached hydrogens (tertiary/aromatic N) is 2. The fraction of sp³-hybridized carbons (Fsp3) is 0.312. The molecule has 0 saturated carbocycles. The van der Waals surface area contributed by atoms with Crippen LogP contribution in [0.1, 0.15) is 16.7 Å². The van der Waals surface area contributed by atoms with Crippen LogP contribution < -0.4 is 4.74 Å². The Morgan fingerprint density at radius 3 is 2.36 bits per heavy atom. The molecule has 0 radical (unpaired) electrons. The van der Waals surface area contributed by atoms with Crippen LogP contribution in [0.3, 0.4) is 0 Å². The van der Waals surface area contributed by atoms with Crippen molar-refractivity contribution in [3.05, 3.63) is 53.3 Å². The Balaban J connectivity index is 2.38. The highest BCUT2D eigenvalue weighted by molar-refractivity contribution is 7.89. The van der Waals surface area contributed by atoms with Crippen molar-refractivity contribution in [2.75, 3.05) is 14.2 Å². The Hall–Kier alpha value is -1.92. The summed E-state index contributed by atoms with van der Waals surface area (Å²) in [6.07, 6.45) is 3.33. The minimum absolute atomic E-state index is 0.279. The summed E-state index contributed by atoms with van der Waals surface area (Å²) in [5.74, 6) is 0.656. The van der Waals surface area contributed by atoms with Gasteiger partial charge in [-0.15, -0.1) is 0 Å². The molecule has 0 spiro atoms. The van der Waals surface area contributed by atoms with E-state index >= 15 is 0 Å². The van der Waals surface area contributed by atoms with Crippen molar-refractivity contribution in [3.63, 3.8) is 0 Å². The average Bonchev–Trinajstić information content (AvgIpc) is 2.47. The van der Waals surface area contributed by atoms with E-state index in [9.17, 15) is 8.42 Å². The summed E-state index contributed by atoms with van der Waals surface area (Å²) >= 11 is 0. The Labute approximate surface area is 131 Å². The summed E-state index contributed by atoms with van der Waals surface area (Å²) in [6.45, 7) is 3.84. The number of ether oxygens (including phenoxy) is 1. The van der Waals surface area contributed by atoms with Gasteiger partial charge >= 0.3 is 0 Å². The molecule has 2 rings (SSSR count). The zero-order chi connectivity index (χ0) is 16.3. The molecule has 22 heavy (non-hydrogen) atoms. The van der Waals surface area contributed by atoms with Gasteiger partial charge in [0, 0.05) is 26.0 Å². The van der Waals surface area contributed by atoms with Crippen molar-refractivity contribution in [1.82, 2.24) is 9.29 Å². The summed E-state index contributed by atoms with van der Waals surface area (Å²) in [5.41, 5.74) is 2.20. The first kappa shape index (κ1) is 16.5. The van der Waals surface area contributed by atoms with Gasteiger partial charge < -0.3 is 4.74 Å². The van der Waals surface area contributed by atoms with Gasteiger partial charge in [0.25, 0.3) is 0 Å². The van der Waals surface area contributed by atoms with Crippen molar-refractivity contribution in [3.8, 4) is 5.75 Å². The van der Waals surface area contributed by atoms with Gasteiger partial charge in [-0.3, -0.25) is 4.98 Å². The fourth-order valence-corrected chi connectivity index (χ4v) is 3.99. The first-order valence-electron chi connectivity index (χ1n) is 6.86. The number of methoxy groups -OCH3 is 1. The maximum absolute atomic E-state index is 12.8. The van der Waals surface area contributed by atoms with Crippen LogP contribution in [0.5, 0.6) is 5.75 Å². The first-order chi connectivity index (χ1) is 10.4. The van der Waals surface area contributed by atoms with E-state index in [1.807, 2.05) is 6.07 Å². The molecule has 1 aromatic heterocycles. The molecule has 2 aromatic rings. The summed E-state index contributed by atoms with van der Waals surface area (Å²) in [7, 11) is -0.432. The second kappa shape index (κ2) is 6.46. The molecule has 0 aliphatic heterocycles. The molecule has 1 aromatic carbocycles. The molecule has 1 heterocycles. The molecule has 6 heteroatoms. The van der Waals surface area contributed by atoms with Crippen LogP contribution in [0.25, 0.3) is 0 Å². The van der Waals surface area contributed by atoms with E-state index in [2.05, 4.69) is 4.98 Å². The topological polar surface area (TPSA) is 59.5 Å². The molecule has 5 nitrogen and oxygen atoms in total. The highest BCUT2D eigenvalue weighted by Crippen LogP contribution is 2.28. The van der Waals surface area contributed by atoms with E-state index in [1.165, 1.54) is 4.31 Å². The van der Waals surface area contributed by atoms with Gasteiger partial charge in [0.2, 0.25) is 10.0 Å². The number of hydrogen-bond acceptors (Lipinski definition) is 4. The second-order valence-electron chi connectivity index (χ2n) is 5.21. The van der Waals surface area contributed by atoms with Crippen molar-refractivity contribution in [2.45, 2.75) is 25.3 Å².